The highest BCUT2D eigenvalue weighted by molar-refractivity contribution is 5.64. The van der Waals surface area contributed by atoms with Crippen molar-refractivity contribution < 1.29 is 4.74 Å². The zero-order chi connectivity index (χ0) is 13.2. The molecule has 0 amide bonds. The van der Waals surface area contributed by atoms with Gasteiger partial charge >= 0.3 is 0 Å². The molecule has 1 aliphatic rings. The molecule has 4 heteroatoms. The quantitative estimate of drug-likeness (QED) is 0.772. The minimum Gasteiger partial charge on any atom is -0.381 e. The lowest BCUT2D eigenvalue weighted by Gasteiger charge is -2.23. The van der Waals surface area contributed by atoms with Crippen LogP contribution in [0.25, 0.3) is 10.4 Å². The van der Waals surface area contributed by atoms with Crippen molar-refractivity contribution in [2.45, 2.75) is 26.2 Å². The van der Waals surface area contributed by atoms with E-state index >= 15 is 0 Å². The van der Waals surface area contributed by atoms with Crippen molar-refractivity contribution in [2.75, 3.05) is 13.2 Å². The van der Waals surface area contributed by atoms with E-state index in [9.17, 15) is 0 Å². The summed E-state index contributed by atoms with van der Waals surface area (Å²) in [6.45, 7) is 11.1. The summed E-state index contributed by atoms with van der Waals surface area (Å²) in [5.41, 5.74) is 4.08. The smallest absolute Gasteiger partial charge is 0.193 e. The van der Waals surface area contributed by atoms with Gasteiger partial charge in [0, 0.05) is 18.9 Å². The van der Waals surface area contributed by atoms with Crippen LogP contribution in [-0.4, -0.2) is 22.6 Å². The normalized spacial score (nSPS) is 16.6. The van der Waals surface area contributed by atoms with Gasteiger partial charge in [-0.25, -0.2) is 9.83 Å². The average molecular weight is 255 g/mol. The lowest BCUT2D eigenvalue weighted by molar-refractivity contribution is 0.0661. The largest absolute Gasteiger partial charge is 0.381 e. The van der Waals surface area contributed by atoms with Crippen molar-refractivity contribution in [1.29, 1.82) is 0 Å². The lowest BCUT2D eigenvalue weighted by atomic mass is 9.92. The Morgan fingerprint density at radius 2 is 2.26 bits per heavy atom. The van der Waals surface area contributed by atoms with Gasteiger partial charge in [-0.1, -0.05) is 0 Å². The molecule has 19 heavy (non-hydrogen) atoms. The van der Waals surface area contributed by atoms with Gasteiger partial charge in [-0.3, -0.25) is 0 Å². The number of nitrogens with zero attached hydrogens (tertiary/aromatic N) is 3. The van der Waals surface area contributed by atoms with Crippen molar-refractivity contribution in [3.63, 3.8) is 0 Å². The van der Waals surface area contributed by atoms with Gasteiger partial charge in [0.05, 0.1) is 24.6 Å². The molecule has 1 fully saturated rings. The number of pyridine rings is 1. The minimum atomic E-state index is 0.652. The Morgan fingerprint density at radius 1 is 1.47 bits per heavy atom. The van der Waals surface area contributed by atoms with E-state index in [1.165, 1.54) is 5.69 Å². The van der Waals surface area contributed by atoms with E-state index in [2.05, 4.69) is 14.2 Å². The average Bonchev–Trinajstić information content (AvgIpc) is 2.91. The number of aromatic nitrogens is 2. The molecule has 0 atom stereocenters. The monoisotopic (exact) mass is 255 g/mol. The Bertz CT molecular complexity index is 633. The predicted octanol–water partition coefficient (Wildman–Crippen LogP) is 3.16. The van der Waals surface area contributed by atoms with E-state index in [1.807, 2.05) is 25.5 Å². The van der Waals surface area contributed by atoms with Gasteiger partial charge in [-0.15, -0.1) is 0 Å². The second-order valence-electron chi connectivity index (χ2n) is 5.16. The molecule has 3 rings (SSSR count). The standard InChI is InChI=1S/C15H17N3O/c1-11-14(16-2)8-13-9-17-10-18(13)15(11)7-12-3-5-19-6-4-12/h8-10,12H,3-7H2,1H3. The van der Waals surface area contributed by atoms with Crippen LogP contribution in [0.5, 0.6) is 0 Å². The molecule has 4 nitrogen and oxygen atoms in total. The second-order valence-corrected chi connectivity index (χ2v) is 5.16. The molecule has 0 aromatic carbocycles. The first kappa shape index (κ1) is 12.2. The number of hydrogen-bond acceptors (Lipinski definition) is 2. The van der Waals surface area contributed by atoms with Crippen LogP contribution in [0.2, 0.25) is 0 Å². The highest BCUT2D eigenvalue weighted by atomic mass is 16.5. The molecule has 0 unspecified atom stereocenters. The zero-order valence-corrected chi connectivity index (χ0v) is 11.1. The third-order valence-corrected chi connectivity index (χ3v) is 4.00. The number of rotatable bonds is 2. The van der Waals surface area contributed by atoms with Crippen LogP contribution in [0.15, 0.2) is 18.6 Å². The fourth-order valence-electron chi connectivity index (χ4n) is 2.81. The molecule has 1 saturated heterocycles. The van der Waals surface area contributed by atoms with Crippen molar-refractivity contribution in [1.82, 2.24) is 9.38 Å². The summed E-state index contributed by atoms with van der Waals surface area (Å²) >= 11 is 0. The molecular weight excluding hydrogens is 238 g/mol. The third-order valence-electron chi connectivity index (χ3n) is 4.00. The summed E-state index contributed by atoms with van der Waals surface area (Å²) in [4.78, 5) is 7.84. The number of imidazole rings is 1. The molecular formula is C15H17N3O. The zero-order valence-electron chi connectivity index (χ0n) is 11.1. The van der Waals surface area contributed by atoms with E-state index < -0.39 is 0 Å². The Kier molecular flexibility index (Phi) is 3.22. The van der Waals surface area contributed by atoms with Crippen LogP contribution >= 0.6 is 0 Å². The van der Waals surface area contributed by atoms with Gasteiger partial charge in [0.25, 0.3) is 0 Å². The van der Waals surface area contributed by atoms with Gasteiger partial charge in [-0.2, -0.15) is 0 Å². The molecule has 0 spiro atoms. The molecule has 0 aliphatic carbocycles. The highest BCUT2D eigenvalue weighted by Crippen LogP contribution is 2.29. The minimum absolute atomic E-state index is 0.652. The molecule has 98 valence electrons. The predicted molar refractivity (Wildman–Crippen MR) is 73.4 cm³/mol. The topological polar surface area (TPSA) is 30.9 Å². The summed E-state index contributed by atoms with van der Waals surface area (Å²) in [5.74, 6) is 0.652. The van der Waals surface area contributed by atoms with Crippen molar-refractivity contribution in [3.8, 4) is 0 Å². The first-order chi connectivity index (χ1) is 9.29. The van der Waals surface area contributed by atoms with Crippen LogP contribution < -0.4 is 0 Å². The van der Waals surface area contributed by atoms with Crippen molar-refractivity contribution in [2.24, 2.45) is 5.92 Å². The molecule has 1 aliphatic heterocycles. The maximum absolute atomic E-state index is 7.30. The van der Waals surface area contributed by atoms with Gasteiger partial charge in [0.15, 0.2) is 5.69 Å². The number of fused-ring (bicyclic) bond motifs is 1. The highest BCUT2D eigenvalue weighted by Gasteiger charge is 2.18. The van der Waals surface area contributed by atoms with Gasteiger partial charge in [0.2, 0.25) is 0 Å². The van der Waals surface area contributed by atoms with E-state index in [-0.39, 0.29) is 0 Å². The first-order valence-electron chi connectivity index (χ1n) is 6.69. The first-order valence-corrected chi connectivity index (χ1v) is 6.69. The van der Waals surface area contributed by atoms with E-state index in [4.69, 9.17) is 11.3 Å². The van der Waals surface area contributed by atoms with Gasteiger partial charge in [-0.05, 0) is 43.7 Å². The SMILES string of the molecule is [C-]#[N+]c1cc2cncn2c(CC2CCOCC2)c1C. The fourth-order valence-corrected chi connectivity index (χ4v) is 2.81. The summed E-state index contributed by atoms with van der Waals surface area (Å²) in [7, 11) is 0. The lowest BCUT2D eigenvalue weighted by Crippen LogP contribution is -2.19. The maximum Gasteiger partial charge on any atom is 0.193 e. The van der Waals surface area contributed by atoms with Gasteiger partial charge < -0.3 is 9.14 Å². The molecule has 0 bridgehead atoms. The Balaban J connectivity index is 2.02. The maximum atomic E-state index is 7.30. The Hall–Kier alpha value is -1.86. The van der Waals surface area contributed by atoms with E-state index in [0.717, 1.165) is 49.2 Å². The van der Waals surface area contributed by atoms with Crippen LogP contribution in [0, 0.1) is 19.4 Å². The number of ether oxygens (including phenoxy) is 1. The van der Waals surface area contributed by atoms with Crippen LogP contribution in [0.1, 0.15) is 24.1 Å². The van der Waals surface area contributed by atoms with Crippen LogP contribution in [0.4, 0.5) is 5.69 Å². The second kappa shape index (κ2) is 5.02. The molecule has 0 N–H and O–H groups in total. The Labute approximate surface area is 112 Å². The molecule has 3 heterocycles. The van der Waals surface area contributed by atoms with Gasteiger partial charge in [0.1, 0.15) is 0 Å². The summed E-state index contributed by atoms with van der Waals surface area (Å²) < 4.78 is 7.54. The third kappa shape index (κ3) is 2.22. The van der Waals surface area contributed by atoms with Crippen LogP contribution in [-0.2, 0) is 11.2 Å². The van der Waals surface area contributed by atoms with Crippen molar-refractivity contribution in [3.05, 3.63) is 41.3 Å². The summed E-state index contributed by atoms with van der Waals surface area (Å²) in [6, 6.07) is 1.92. The van der Waals surface area contributed by atoms with Crippen molar-refractivity contribution >= 4 is 11.2 Å². The van der Waals surface area contributed by atoms with E-state index in [0.29, 0.717) is 5.92 Å². The summed E-state index contributed by atoms with van der Waals surface area (Å²) in [5, 5.41) is 0. The number of hydrogen-bond donors (Lipinski definition) is 0. The fraction of sp³-hybridized carbons (Fsp3) is 0.467. The molecule has 0 radical (unpaired) electrons. The van der Waals surface area contributed by atoms with E-state index in [1.54, 1.807) is 0 Å². The summed E-state index contributed by atoms with van der Waals surface area (Å²) in [6.07, 6.45) is 6.90. The van der Waals surface area contributed by atoms with Crippen LogP contribution in [0.3, 0.4) is 0 Å². The Morgan fingerprint density at radius 3 is 3.00 bits per heavy atom. The molecule has 0 saturated carbocycles. The molecule has 2 aromatic rings. The molecule has 2 aromatic heterocycles.